The van der Waals surface area contributed by atoms with E-state index in [9.17, 15) is 9.59 Å². The van der Waals surface area contributed by atoms with Crippen LogP contribution in [0, 0.1) is 0 Å². The molecule has 0 atom stereocenters. The van der Waals surface area contributed by atoms with Crippen LogP contribution in [0.2, 0.25) is 0 Å². The lowest BCUT2D eigenvalue weighted by Crippen LogP contribution is -2.14. The van der Waals surface area contributed by atoms with E-state index in [1.54, 1.807) is 13.8 Å². The van der Waals surface area contributed by atoms with Gasteiger partial charge in [0.25, 0.3) is 0 Å². The van der Waals surface area contributed by atoms with E-state index in [1.165, 1.54) is 12.1 Å². The Kier molecular flexibility index (Phi) is 5.26. The van der Waals surface area contributed by atoms with Gasteiger partial charge in [-0.3, -0.25) is 0 Å². The fourth-order valence-corrected chi connectivity index (χ4v) is 1.30. The van der Waals surface area contributed by atoms with Crippen LogP contribution in [-0.4, -0.2) is 35.2 Å². The highest BCUT2D eigenvalue weighted by Gasteiger charge is 2.16. The Morgan fingerprint density at radius 3 is 1.89 bits per heavy atom. The quantitative estimate of drug-likeness (QED) is 0.785. The van der Waals surface area contributed by atoms with Crippen molar-refractivity contribution in [2.45, 2.75) is 20.5 Å². The molecular formula is C12H15NO5. The van der Waals surface area contributed by atoms with Crippen molar-refractivity contribution in [1.82, 2.24) is 4.98 Å². The number of aliphatic hydroxyl groups is 1. The number of ether oxygens (including phenoxy) is 2. The minimum atomic E-state index is -0.640. The van der Waals surface area contributed by atoms with E-state index in [0.29, 0.717) is 5.56 Å². The minimum absolute atomic E-state index is 0.0218. The summed E-state index contributed by atoms with van der Waals surface area (Å²) in [6.07, 6.45) is 0. The van der Waals surface area contributed by atoms with Crippen molar-refractivity contribution in [3.63, 3.8) is 0 Å². The van der Waals surface area contributed by atoms with Crippen molar-refractivity contribution in [3.05, 3.63) is 29.1 Å². The van der Waals surface area contributed by atoms with Crippen molar-refractivity contribution < 1.29 is 24.2 Å². The highest BCUT2D eigenvalue weighted by atomic mass is 16.5. The molecule has 0 aliphatic rings. The van der Waals surface area contributed by atoms with Crippen LogP contribution >= 0.6 is 0 Å². The molecule has 0 aromatic carbocycles. The fraction of sp³-hybridized carbons (Fsp3) is 0.417. The Morgan fingerprint density at radius 2 is 1.56 bits per heavy atom. The molecule has 0 saturated heterocycles. The number of pyridine rings is 1. The average molecular weight is 253 g/mol. The Bertz CT molecular complexity index is 408. The number of hydrogen-bond acceptors (Lipinski definition) is 6. The normalized spacial score (nSPS) is 9.94. The van der Waals surface area contributed by atoms with Crippen LogP contribution in [0.5, 0.6) is 0 Å². The number of aliphatic hydroxyl groups excluding tert-OH is 1. The van der Waals surface area contributed by atoms with E-state index in [2.05, 4.69) is 4.98 Å². The van der Waals surface area contributed by atoms with Crippen LogP contribution in [0.15, 0.2) is 12.1 Å². The molecule has 0 aliphatic heterocycles. The van der Waals surface area contributed by atoms with E-state index in [-0.39, 0.29) is 31.2 Å². The summed E-state index contributed by atoms with van der Waals surface area (Å²) in [5.74, 6) is -1.28. The molecule has 0 bridgehead atoms. The van der Waals surface area contributed by atoms with E-state index < -0.39 is 11.9 Å². The van der Waals surface area contributed by atoms with Gasteiger partial charge in [0.2, 0.25) is 0 Å². The summed E-state index contributed by atoms with van der Waals surface area (Å²) in [4.78, 5) is 26.9. The predicted molar refractivity (Wildman–Crippen MR) is 62.1 cm³/mol. The maximum Gasteiger partial charge on any atom is 0.356 e. The zero-order valence-electron chi connectivity index (χ0n) is 10.3. The van der Waals surface area contributed by atoms with Crippen LogP contribution in [0.3, 0.4) is 0 Å². The topological polar surface area (TPSA) is 85.7 Å². The summed E-state index contributed by atoms with van der Waals surface area (Å²) in [6.45, 7) is 3.44. The molecule has 6 heteroatoms. The number of aromatic nitrogens is 1. The lowest BCUT2D eigenvalue weighted by Gasteiger charge is -2.06. The second kappa shape index (κ2) is 6.70. The average Bonchev–Trinajstić information content (AvgIpc) is 2.38. The van der Waals surface area contributed by atoms with Crippen LogP contribution in [0.1, 0.15) is 40.4 Å². The minimum Gasteiger partial charge on any atom is -0.461 e. The van der Waals surface area contributed by atoms with Crippen molar-refractivity contribution >= 4 is 11.9 Å². The van der Waals surface area contributed by atoms with E-state index >= 15 is 0 Å². The monoisotopic (exact) mass is 253 g/mol. The highest BCUT2D eigenvalue weighted by Crippen LogP contribution is 2.09. The highest BCUT2D eigenvalue weighted by molar-refractivity contribution is 5.91. The summed E-state index contributed by atoms with van der Waals surface area (Å²) in [7, 11) is 0. The van der Waals surface area contributed by atoms with E-state index in [1.807, 2.05) is 0 Å². The van der Waals surface area contributed by atoms with Crippen LogP contribution in [0.25, 0.3) is 0 Å². The molecule has 1 heterocycles. The third-order valence-corrected chi connectivity index (χ3v) is 2.04. The van der Waals surface area contributed by atoms with Gasteiger partial charge in [-0.2, -0.15) is 0 Å². The largest absolute Gasteiger partial charge is 0.461 e. The number of nitrogens with zero attached hydrogens (tertiary/aromatic N) is 1. The molecule has 1 N–H and O–H groups in total. The van der Waals surface area contributed by atoms with E-state index in [0.717, 1.165) is 0 Å². The predicted octanol–water partition coefficient (Wildman–Crippen LogP) is 0.927. The smallest absolute Gasteiger partial charge is 0.356 e. The van der Waals surface area contributed by atoms with Crippen molar-refractivity contribution in [3.8, 4) is 0 Å². The first-order valence-electron chi connectivity index (χ1n) is 5.58. The van der Waals surface area contributed by atoms with Gasteiger partial charge in [-0.15, -0.1) is 0 Å². The first-order valence-corrected chi connectivity index (χ1v) is 5.58. The molecule has 0 unspecified atom stereocenters. The molecule has 0 radical (unpaired) electrons. The molecule has 6 nitrogen and oxygen atoms in total. The second-order valence-electron chi connectivity index (χ2n) is 3.34. The van der Waals surface area contributed by atoms with Gasteiger partial charge >= 0.3 is 11.9 Å². The molecule has 18 heavy (non-hydrogen) atoms. The molecule has 1 aromatic heterocycles. The number of carbonyl (C=O) groups is 2. The summed E-state index contributed by atoms with van der Waals surface area (Å²) in [5.41, 5.74) is 0.356. The van der Waals surface area contributed by atoms with Crippen molar-refractivity contribution in [2.24, 2.45) is 0 Å². The Morgan fingerprint density at radius 1 is 1.11 bits per heavy atom. The molecule has 0 amide bonds. The van der Waals surface area contributed by atoms with Crippen molar-refractivity contribution in [2.75, 3.05) is 13.2 Å². The number of esters is 2. The number of carbonyl (C=O) groups excluding carboxylic acids is 2. The van der Waals surface area contributed by atoms with Crippen LogP contribution < -0.4 is 0 Å². The molecule has 0 saturated carbocycles. The van der Waals surface area contributed by atoms with Crippen molar-refractivity contribution in [1.29, 1.82) is 0 Å². The summed E-state index contributed by atoms with van der Waals surface area (Å²) >= 11 is 0. The van der Waals surface area contributed by atoms with E-state index in [4.69, 9.17) is 14.6 Å². The first-order chi connectivity index (χ1) is 8.62. The summed E-state index contributed by atoms with van der Waals surface area (Å²) in [6, 6.07) is 2.75. The van der Waals surface area contributed by atoms with Gasteiger partial charge in [0.05, 0.1) is 19.8 Å². The fourth-order valence-electron chi connectivity index (χ4n) is 1.30. The number of rotatable bonds is 5. The zero-order chi connectivity index (χ0) is 13.5. The van der Waals surface area contributed by atoms with Gasteiger partial charge in [-0.05, 0) is 31.5 Å². The molecular weight excluding hydrogens is 238 g/mol. The zero-order valence-corrected chi connectivity index (χ0v) is 10.3. The third kappa shape index (κ3) is 3.53. The summed E-state index contributed by atoms with van der Waals surface area (Å²) in [5, 5.41) is 9.08. The first kappa shape index (κ1) is 14.1. The molecule has 0 spiro atoms. The SMILES string of the molecule is CCOC(=O)c1cc(CO)cc(C(=O)OCC)n1. The summed E-state index contributed by atoms with van der Waals surface area (Å²) < 4.78 is 9.57. The third-order valence-electron chi connectivity index (χ3n) is 2.04. The second-order valence-corrected chi connectivity index (χ2v) is 3.34. The lowest BCUT2D eigenvalue weighted by atomic mass is 10.2. The molecule has 98 valence electrons. The van der Waals surface area contributed by atoms with Gasteiger partial charge in [-0.1, -0.05) is 0 Å². The van der Waals surface area contributed by atoms with Gasteiger partial charge < -0.3 is 14.6 Å². The molecule has 1 aromatic rings. The molecule has 0 aliphatic carbocycles. The van der Waals surface area contributed by atoms with Gasteiger partial charge in [0.15, 0.2) is 0 Å². The lowest BCUT2D eigenvalue weighted by molar-refractivity contribution is 0.0511. The maximum absolute atomic E-state index is 11.5. The molecule has 1 rings (SSSR count). The standard InChI is InChI=1S/C12H15NO5/c1-3-17-11(15)9-5-8(7-14)6-10(13-9)12(16)18-4-2/h5-6,14H,3-4,7H2,1-2H3. The van der Waals surface area contributed by atoms with Gasteiger partial charge in [0, 0.05) is 0 Å². The Hall–Kier alpha value is -1.95. The van der Waals surface area contributed by atoms with Gasteiger partial charge in [-0.25, -0.2) is 14.6 Å². The van der Waals surface area contributed by atoms with Crippen LogP contribution in [0.4, 0.5) is 0 Å². The molecule has 0 fully saturated rings. The maximum atomic E-state index is 11.5. The van der Waals surface area contributed by atoms with Crippen LogP contribution in [-0.2, 0) is 16.1 Å². The Balaban J connectivity index is 3.08. The Labute approximate surface area is 105 Å². The number of hydrogen-bond donors (Lipinski definition) is 1. The van der Waals surface area contributed by atoms with Gasteiger partial charge in [0.1, 0.15) is 11.4 Å².